The smallest absolute Gasteiger partial charge is 0.315 e. The van der Waals surface area contributed by atoms with Crippen LogP contribution < -0.4 is 15.4 Å². The van der Waals surface area contributed by atoms with Gasteiger partial charge in [0.25, 0.3) is 0 Å². The predicted molar refractivity (Wildman–Crippen MR) is 77.0 cm³/mol. The van der Waals surface area contributed by atoms with Crippen LogP contribution in [0.25, 0.3) is 0 Å². The molecule has 0 bridgehead atoms. The Morgan fingerprint density at radius 2 is 1.90 bits per heavy atom. The van der Waals surface area contributed by atoms with Gasteiger partial charge in [0.1, 0.15) is 5.75 Å². The van der Waals surface area contributed by atoms with E-state index in [1.807, 2.05) is 6.92 Å². The van der Waals surface area contributed by atoms with Crippen LogP contribution in [0.15, 0.2) is 35.8 Å². The zero-order valence-corrected chi connectivity index (χ0v) is 11.6. The quantitative estimate of drug-likeness (QED) is 0.846. The number of hydrogen-bond donors (Lipinski definition) is 2. The summed E-state index contributed by atoms with van der Waals surface area (Å²) in [5.74, 6) is -0.795. The van der Waals surface area contributed by atoms with Gasteiger partial charge in [-0.2, -0.15) is 0 Å². The fourth-order valence-electron chi connectivity index (χ4n) is 1.43. The van der Waals surface area contributed by atoms with Crippen LogP contribution in [-0.4, -0.2) is 23.4 Å². The number of amides is 2. The van der Waals surface area contributed by atoms with Crippen molar-refractivity contribution in [1.82, 2.24) is 4.98 Å². The van der Waals surface area contributed by atoms with Crippen molar-refractivity contribution in [3.63, 3.8) is 0 Å². The zero-order valence-electron chi connectivity index (χ0n) is 10.8. The molecule has 7 heteroatoms. The number of hydrogen-bond acceptors (Lipinski definition) is 5. The zero-order chi connectivity index (χ0) is 14.4. The summed E-state index contributed by atoms with van der Waals surface area (Å²) in [6.45, 7) is 2.46. The highest BCUT2D eigenvalue weighted by Gasteiger charge is 2.14. The Bertz CT molecular complexity index is 581. The van der Waals surface area contributed by atoms with Crippen LogP contribution in [0.4, 0.5) is 10.8 Å². The minimum Gasteiger partial charge on any atom is -0.494 e. The lowest BCUT2D eigenvalue weighted by Crippen LogP contribution is -2.28. The second kappa shape index (κ2) is 6.67. The molecule has 6 nitrogen and oxygen atoms in total. The van der Waals surface area contributed by atoms with E-state index in [4.69, 9.17) is 4.74 Å². The van der Waals surface area contributed by atoms with E-state index in [2.05, 4.69) is 15.6 Å². The Labute approximate surface area is 119 Å². The summed E-state index contributed by atoms with van der Waals surface area (Å²) in [4.78, 5) is 27.1. The molecule has 0 saturated heterocycles. The van der Waals surface area contributed by atoms with Crippen molar-refractivity contribution in [2.75, 3.05) is 17.2 Å². The third kappa shape index (κ3) is 3.79. The lowest BCUT2D eigenvalue weighted by Gasteiger charge is -2.06. The molecule has 0 unspecified atom stereocenters. The van der Waals surface area contributed by atoms with Gasteiger partial charge in [0.05, 0.1) is 6.61 Å². The first-order valence-corrected chi connectivity index (χ1v) is 6.81. The van der Waals surface area contributed by atoms with Crippen LogP contribution in [0.3, 0.4) is 0 Å². The van der Waals surface area contributed by atoms with Gasteiger partial charge in [0, 0.05) is 17.3 Å². The fraction of sp³-hybridized carbons (Fsp3) is 0.154. The average Bonchev–Trinajstić information content (AvgIpc) is 2.94. The van der Waals surface area contributed by atoms with E-state index in [1.54, 1.807) is 35.8 Å². The highest BCUT2D eigenvalue weighted by Crippen LogP contribution is 2.16. The molecule has 0 aliphatic rings. The van der Waals surface area contributed by atoms with Gasteiger partial charge in [-0.25, -0.2) is 4.98 Å². The Kier molecular flexibility index (Phi) is 4.67. The van der Waals surface area contributed by atoms with Crippen LogP contribution in [0.2, 0.25) is 0 Å². The molecule has 104 valence electrons. The van der Waals surface area contributed by atoms with Gasteiger partial charge in [-0.3, -0.25) is 14.9 Å². The van der Waals surface area contributed by atoms with E-state index in [1.165, 1.54) is 11.3 Å². The third-order valence-corrected chi connectivity index (χ3v) is 2.97. The summed E-state index contributed by atoms with van der Waals surface area (Å²) in [5, 5.41) is 6.99. The van der Waals surface area contributed by atoms with Crippen molar-refractivity contribution in [1.29, 1.82) is 0 Å². The molecule has 2 amide bonds. The number of thiazole rings is 1. The van der Waals surface area contributed by atoms with E-state index in [0.717, 1.165) is 0 Å². The molecule has 0 aliphatic heterocycles. The summed E-state index contributed by atoms with van der Waals surface area (Å²) < 4.78 is 5.28. The molecule has 0 spiro atoms. The van der Waals surface area contributed by atoms with E-state index in [-0.39, 0.29) is 0 Å². The van der Waals surface area contributed by atoms with Crippen molar-refractivity contribution in [2.45, 2.75) is 6.92 Å². The molecule has 20 heavy (non-hydrogen) atoms. The number of carbonyl (C=O) groups is 2. The molecule has 0 fully saturated rings. The predicted octanol–water partition coefficient (Wildman–Crippen LogP) is 2.12. The molecule has 2 rings (SSSR count). The summed E-state index contributed by atoms with van der Waals surface area (Å²) in [7, 11) is 0. The standard InChI is InChI=1S/C13H13N3O3S/c1-2-19-10-5-3-9(4-6-10)15-11(17)12(18)16-13-14-7-8-20-13/h3-8H,2H2,1H3,(H,15,17)(H,14,16,18). The average molecular weight is 291 g/mol. The lowest BCUT2D eigenvalue weighted by atomic mass is 10.3. The third-order valence-electron chi connectivity index (χ3n) is 2.28. The van der Waals surface area contributed by atoms with E-state index in [0.29, 0.717) is 23.2 Å². The Hall–Kier alpha value is -2.41. The maximum absolute atomic E-state index is 11.7. The monoisotopic (exact) mass is 291 g/mol. The van der Waals surface area contributed by atoms with Crippen LogP contribution in [0.5, 0.6) is 5.75 Å². The topological polar surface area (TPSA) is 80.3 Å². The maximum Gasteiger partial charge on any atom is 0.315 e. The maximum atomic E-state index is 11.7. The van der Waals surface area contributed by atoms with Gasteiger partial charge in [-0.15, -0.1) is 11.3 Å². The van der Waals surface area contributed by atoms with E-state index in [9.17, 15) is 9.59 Å². The first kappa shape index (κ1) is 14.0. The molecule has 0 aliphatic carbocycles. The summed E-state index contributed by atoms with van der Waals surface area (Å²) >= 11 is 1.24. The van der Waals surface area contributed by atoms with Crippen molar-refractivity contribution >= 4 is 34.0 Å². The number of anilines is 2. The first-order valence-electron chi connectivity index (χ1n) is 5.93. The highest BCUT2D eigenvalue weighted by molar-refractivity contribution is 7.13. The normalized spacial score (nSPS) is 9.85. The van der Waals surface area contributed by atoms with Crippen molar-refractivity contribution in [3.05, 3.63) is 35.8 Å². The molecule has 0 saturated carbocycles. The Morgan fingerprint density at radius 1 is 1.20 bits per heavy atom. The number of ether oxygens (including phenoxy) is 1. The summed E-state index contributed by atoms with van der Waals surface area (Å²) in [6, 6.07) is 6.77. The molecule has 1 aromatic heterocycles. The van der Waals surface area contributed by atoms with Gasteiger partial charge in [-0.1, -0.05) is 0 Å². The minimum atomic E-state index is -0.756. The van der Waals surface area contributed by atoms with Crippen molar-refractivity contribution in [2.24, 2.45) is 0 Å². The molecule has 1 heterocycles. The summed E-state index contributed by atoms with van der Waals surface area (Å²) in [5.41, 5.74) is 0.521. The number of rotatable bonds is 4. The number of nitrogens with one attached hydrogen (secondary N) is 2. The highest BCUT2D eigenvalue weighted by atomic mass is 32.1. The number of nitrogens with zero attached hydrogens (tertiary/aromatic N) is 1. The van der Waals surface area contributed by atoms with Gasteiger partial charge in [0.2, 0.25) is 0 Å². The van der Waals surface area contributed by atoms with Crippen molar-refractivity contribution < 1.29 is 14.3 Å². The Balaban J connectivity index is 1.91. The first-order chi connectivity index (χ1) is 9.69. The van der Waals surface area contributed by atoms with E-state index < -0.39 is 11.8 Å². The van der Waals surface area contributed by atoms with Gasteiger partial charge in [-0.05, 0) is 31.2 Å². The number of carbonyl (C=O) groups excluding carboxylic acids is 2. The van der Waals surface area contributed by atoms with E-state index >= 15 is 0 Å². The van der Waals surface area contributed by atoms with Crippen LogP contribution in [0, 0.1) is 0 Å². The lowest BCUT2D eigenvalue weighted by molar-refractivity contribution is -0.132. The van der Waals surface area contributed by atoms with Crippen LogP contribution in [0.1, 0.15) is 6.92 Å². The van der Waals surface area contributed by atoms with Gasteiger partial charge >= 0.3 is 11.8 Å². The van der Waals surface area contributed by atoms with Crippen molar-refractivity contribution in [3.8, 4) is 5.75 Å². The van der Waals surface area contributed by atoms with Gasteiger partial charge in [0.15, 0.2) is 5.13 Å². The molecule has 0 atom stereocenters. The summed E-state index contributed by atoms with van der Waals surface area (Å²) in [6.07, 6.45) is 1.55. The molecule has 1 aromatic carbocycles. The number of aromatic nitrogens is 1. The SMILES string of the molecule is CCOc1ccc(NC(=O)C(=O)Nc2nccs2)cc1. The fourth-order valence-corrected chi connectivity index (χ4v) is 1.95. The minimum absolute atomic E-state index is 0.386. The molecule has 2 N–H and O–H groups in total. The molecule has 0 radical (unpaired) electrons. The Morgan fingerprint density at radius 3 is 2.50 bits per heavy atom. The molecular weight excluding hydrogens is 278 g/mol. The van der Waals surface area contributed by atoms with Gasteiger partial charge < -0.3 is 10.1 Å². The number of benzene rings is 1. The van der Waals surface area contributed by atoms with Crippen LogP contribution >= 0.6 is 11.3 Å². The second-order valence-corrected chi connectivity index (χ2v) is 4.60. The van der Waals surface area contributed by atoms with Crippen LogP contribution in [-0.2, 0) is 9.59 Å². The largest absolute Gasteiger partial charge is 0.494 e. The molecule has 2 aromatic rings. The second-order valence-electron chi connectivity index (χ2n) is 3.70. The molecular formula is C13H13N3O3S.